The van der Waals surface area contributed by atoms with Gasteiger partial charge in [0.1, 0.15) is 18.1 Å². The van der Waals surface area contributed by atoms with Gasteiger partial charge in [-0.2, -0.15) is 5.10 Å². The average Bonchev–Trinajstić information content (AvgIpc) is 3.56. The Morgan fingerprint density at radius 1 is 1.23 bits per heavy atom. The van der Waals surface area contributed by atoms with E-state index in [1.54, 1.807) is 16.7 Å². The molecule has 1 saturated heterocycles. The number of rotatable bonds is 7. The molecule has 3 aromatic rings. The summed E-state index contributed by atoms with van der Waals surface area (Å²) in [5, 5.41) is 8.51. The van der Waals surface area contributed by atoms with Crippen LogP contribution in [-0.2, 0) is 19.7 Å². The summed E-state index contributed by atoms with van der Waals surface area (Å²) in [6.07, 6.45) is 1.93. The van der Waals surface area contributed by atoms with Gasteiger partial charge in [0.05, 0.1) is 35.6 Å². The molecule has 1 aromatic heterocycles. The van der Waals surface area contributed by atoms with Crippen LogP contribution in [0.2, 0.25) is 5.02 Å². The van der Waals surface area contributed by atoms with E-state index >= 15 is 0 Å². The Morgan fingerprint density at radius 3 is 2.65 bits per heavy atom. The topological polar surface area (TPSA) is 85.7 Å². The van der Waals surface area contributed by atoms with E-state index in [4.69, 9.17) is 26.2 Å². The van der Waals surface area contributed by atoms with E-state index < -0.39 is 0 Å². The molecule has 1 fully saturated rings. The van der Waals surface area contributed by atoms with Crippen molar-refractivity contribution in [2.24, 2.45) is 0 Å². The van der Waals surface area contributed by atoms with Crippen LogP contribution in [0.15, 0.2) is 48.5 Å². The summed E-state index contributed by atoms with van der Waals surface area (Å²) in [4.78, 5) is 28.6. The van der Waals surface area contributed by atoms with Crippen molar-refractivity contribution in [2.45, 2.75) is 50.4 Å². The number of halogens is 1. The lowest BCUT2D eigenvalue weighted by molar-refractivity contribution is -0.123. The Morgan fingerprint density at radius 2 is 2.00 bits per heavy atom. The molecule has 2 aliphatic rings. The molecule has 10 heteroatoms. The van der Waals surface area contributed by atoms with Crippen LogP contribution in [0.25, 0.3) is 5.69 Å². The quantitative estimate of drug-likeness (QED) is 0.407. The molecule has 40 heavy (non-hydrogen) atoms. The van der Waals surface area contributed by atoms with Crippen molar-refractivity contribution >= 4 is 41.0 Å². The first-order chi connectivity index (χ1) is 19.2. The van der Waals surface area contributed by atoms with Crippen molar-refractivity contribution in [3.63, 3.8) is 0 Å². The van der Waals surface area contributed by atoms with Crippen LogP contribution in [0, 0.1) is 0 Å². The second kappa shape index (κ2) is 11.8. The predicted molar refractivity (Wildman–Crippen MR) is 159 cm³/mol. The van der Waals surface area contributed by atoms with Gasteiger partial charge in [0.2, 0.25) is 11.8 Å². The number of ether oxygens (including phenoxy) is 2. The third-order valence-electron chi connectivity index (χ3n) is 7.12. The lowest BCUT2D eigenvalue weighted by Gasteiger charge is -2.25. The fourth-order valence-corrected chi connectivity index (χ4v) is 6.53. The zero-order chi connectivity index (χ0) is 28.4. The van der Waals surface area contributed by atoms with E-state index in [2.05, 4.69) is 26.1 Å². The van der Waals surface area contributed by atoms with E-state index in [1.807, 2.05) is 48.5 Å². The Labute approximate surface area is 244 Å². The van der Waals surface area contributed by atoms with Gasteiger partial charge in [0.15, 0.2) is 0 Å². The van der Waals surface area contributed by atoms with E-state index in [1.165, 1.54) is 11.8 Å². The Balaban J connectivity index is 1.65. The number of aromatic nitrogens is 2. The van der Waals surface area contributed by atoms with Crippen LogP contribution < -0.4 is 15.0 Å². The number of benzene rings is 2. The molecule has 0 spiro atoms. The van der Waals surface area contributed by atoms with Crippen molar-refractivity contribution in [1.29, 1.82) is 0 Å². The summed E-state index contributed by atoms with van der Waals surface area (Å²) >= 11 is 7.95. The molecule has 8 nitrogen and oxygen atoms in total. The molecule has 2 aromatic carbocycles. The first kappa shape index (κ1) is 28.5. The van der Waals surface area contributed by atoms with Gasteiger partial charge >= 0.3 is 0 Å². The third kappa shape index (κ3) is 6.01. The molecule has 1 N–H and O–H groups in total. The Bertz CT molecular complexity index is 1380. The Hall–Kier alpha value is -3.01. The molecule has 0 saturated carbocycles. The minimum Gasteiger partial charge on any atom is -0.497 e. The van der Waals surface area contributed by atoms with Crippen molar-refractivity contribution in [2.75, 3.05) is 37.5 Å². The number of carbonyl (C=O) groups excluding carboxylic acids is 2. The summed E-state index contributed by atoms with van der Waals surface area (Å²) in [5.41, 5.74) is 3.17. The summed E-state index contributed by atoms with van der Waals surface area (Å²) in [6, 6.07) is 15.3. The molecule has 0 aliphatic carbocycles. The Kier molecular flexibility index (Phi) is 8.44. The van der Waals surface area contributed by atoms with Gasteiger partial charge in [-0.3, -0.25) is 14.5 Å². The van der Waals surface area contributed by atoms with Gasteiger partial charge in [-0.1, -0.05) is 44.5 Å². The number of hydrogen-bond acceptors (Lipinski definition) is 6. The molecule has 2 amide bonds. The van der Waals surface area contributed by atoms with Crippen LogP contribution in [0.1, 0.15) is 55.7 Å². The van der Waals surface area contributed by atoms with Crippen molar-refractivity contribution in [3.05, 3.63) is 70.4 Å². The van der Waals surface area contributed by atoms with Gasteiger partial charge in [-0.15, -0.1) is 11.8 Å². The van der Waals surface area contributed by atoms with Crippen LogP contribution in [0.3, 0.4) is 0 Å². The monoisotopic (exact) mass is 582 g/mol. The number of methoxy groups -OCH3 is 1. The first-order valence-corrected chi connectivity index (χ1v) is 14.9. The first-order valence-electron chi connectivity index (χ1n) is 13.5. The number of hydrogen-bond donors (Lipinski definition) is 1. The molecule has 5 rings (SSSR count). The number of nitrogens with one attached hydrogen (secondary N) is 1. The third-order valence-corrected chi connectivity index (χ3v) is 8.61. The summed E-state index contributed by atoms with van der Waals surface area (Å²) < 4.78 is 12.8. The second-order valence-corrected chi connectivity index (χ2v) is 12.6. The molecule has 212 valence electrons. The number of amides is 2. The van der Waals surface area contributed by atoms with Crippen LogP contribution in [0.5, 0.6) is 5.75 Å². The fourth-order valence-electron chi connectivity index (χ4n) is 5.14. The average molecular weight is 583 g/mol. The maximum absolute atomic E-state index is 13.8. The van der Waals surface area contributed by atoms with Crippen LogP contribution in [0.4, 0.5) is 5.82 Å². The van der Waals surface area contributed by atoms with Crippen molar-refractivity contribution in [3.8, 4) is 11.4 Å². The normalized spacial score (nSPS) is 19.3. The highest BCUT2D eigenvalue weighted by Crippen LogP contribution is 2.48. The minimum absolute atomic E-state index is 0.0134. The van der Waals surface area contributed by atoms with E-state index in [-0.39, 0.29) is 40.9 Å². The van der Waals surface area contributed by atoms with Gasteiger partial charge in [0, 0.05) is 29.2 Å². The van der Waals surface area contributed by atoms with E-state index in [0.29, 0.717) is 29.7 Å². The van der Waals surface area contributed by atoms with Crippen LogP contribution in [-0.4, -0.2) is 60.3 Å². The lowest BCUT2D eigenvalue weighted by atomic mass is 9.87. The molecular weight excluding hydrogens is 548 g/mol. The smallest absolute Gasteiger partial charge is 0.240 e. The van der Waals surface area contributed by atoms with Crippen molar-refractivity contribution < 1.29 is 19.1 Å². The standard InChI is InChI=1S/C30H35ClN4O4S/c1-30(2,3)28-26-27(19-7-5-8-20(31)15-19)40-18-25(37)34(17-24(36)32-16-23-9-6-14-39-23)29(26)35(33-28)21-10-12-22(38-4)13-11-21/h5,7-8,10-13,15,23,27H,6,9,14,16-18H2,1-4H3,(H,32,36)/t23-,27-/m1/s1. The highest BCUT2D eigenvalue weighted by molar-refractivity contribution is 8.00. The largest absolute Gasteiger partial charge is 0.497 e. The number of carbonyl (C=O) groups is 2. The zero-order valence-corrected chi connectivity index (χ0v) is 24.8. The highest BCUT2D eigenvalue weighted by atomic mass is 35.5. The van der Waals surface area contributed by atoms with E-state index in [9.17, 15) is 9.59 Å². The van der Waals surface area contributed by atoms with Gasteiger partial charge < -0.3 is 14.8 Å². The lowest BCUT2D eigenvalue weighted by Crippen LogP contribution is -2.44. The zero-order valence-electron chi connectivity index (χ0n) is 23.3. The molecular formula is C30H35ClN4O4S. The molecule has 3 heterocycles. The van der Waals surface area contributed by atoms with E-state index in [0.717, 1.165) is 35.3 Å². The molecule has 0 bridgehead atoms. The molecule has 0 unspecified atom stereocenters. The number of thioether (sulfide) groups is 1. The number of nitrogens with zero attached hydrogens (tertiary/aromatic N) is 3. The highest BCUT2D eigenvalue weighted by Gasteiger charge is 2.40. The SMILES string of the molecule is COc1ccc(-n2nc(C(C)(C)C)c3c2N(CC(=O)NC[C@H]2CCCO2)C(=O)CS[C@@H]3c2cccc(Cl)c2)cc1. The predicted octanol–water partition coefficient (Wildman–Crippen LogP) is 5.30. The van der Waals surface area contributed by atoms with Crippen molar-refractivity contribution in [1.82, 2.24) is 15.1 Å². The number of anilines is 1. The summed E-state index contributed by atoms with van der Waals surface area (Å²) in [6.45, 7) is 7.36. The molecule has 0 radical (unpaired) electrons. The van der Waals surface area contributed by atoms with Gasteiger partial charge in [0.25, 0.3) is 0 Å². The maximum atomic E-state index is 13.8. The second-order valence-electron chi connectivity index (χ2n) is 11.1. The van der Waals surface area contributed by atoms with Gasteiger partial charge in [-0.25, -0.2) is 4.68 Å². The molecule has 2 atom stereocenters. The van der Waals surface area contributed by atoms with Crippen LogP contribution >= 0.6 is 23.4 Å². The molecule has 2 aliphatic heterocycles. The summed E-state index contributed by atoms with van der Waals surface area (Å²) in [5.74, 6) is 1.13. The van der Waals surface area contributed by atoms with Gasteiger partial charge in [-0.05, 0) is 54.8 Å². The maximum Gasteiger partial charge on any atom is 0.240 e. The fraction of sp³-hybridized carbons (Fsp3) is 0.433. The minimum atomic E-state index is -0.347. The summed E-state index contributed by atoms with van der Waals surface area (Å²) in [7, 11) is 1.62. The number of fused-ring (bicyclic) bond motifs is 1.